The van der Waals surface area contributed by atoms with Gasteiger partial charge in [0, 0.05) is 12.6 Å². The number of aldehydes is 1. The molecule has 0 fully saturated rings. The molecule has 0 saturated heterocycles. The van der Waals surface area contributed by atoms with Crippen LogP contribution in [0.4, 0.5) is 13.2 Å². The number of nitrogens with zero attached hydrogens (tertiary/aromatic N) is 1. The lowest BCUT2D eigenvalue weighted by Crippen LogP contribution is -2.10. The monoisotopic (exact) mass is 233 g/mol. The number of carbonyl (C=O) groups excluding carboxylic acids is 1. The Bertz CT molecular complexity index is 352. The highest BCUT2D eigenvalue weighted by Gasteiger charge is 2.26. The van der Waals surface area contributed by atoms with E-state index >= 15 is 0 Å². The summed E-state index contributed by atoms with van der Waals surface area (Å²) in [6.07, 6.45) is -3.28. The topological polar surface area (TPSA) is 39.2 Å². The molecule has 1 rings (SSSR count). The van der Waals surface area contributed by atoms with Gasteiger partial charge in [-0.15, -0.1) is 0 Å². The standard InChI is InChI=1S/C10H10F3NO2/c11-10(12,13)4-2-6-16-9-8(7-15)3-1-5-14-9/h1,3,5,7H,2,4,6H2. The van der Waals surface area contributed by atoms with E-state index in [4.69, 9.17) is 4.74 Å². The van der Waals surface area contributed by atoms with E-state index in [1.54, 1.807) is 6.07 Å². The van der Waals surface area contributed by atoms with Gasteiger partial charge in [-0.25, -0.2) is 4.98 Å². The highest BCUT2D eigenvalue weighted by molar-refractivity contribution is 5.77. The quantitative estimate of drug-likeness (QED) is 0.579. The lowest BCUT2D eigenvalue weighted by molar-refractivity contribution is -0.136. The van der Waals surface area contributed by atoms with Crippen LogP contribution < -0.4 is 4.74 Å². The van der Waals surface area contributed by atoms with Crippen molar-refractivity contribution < 1.29 is 22.7 Å². The van der Waals surface area contributed by atoms with Gasteiger partial charge in [0.2, 0.25) is 5.88 Å². The van der Waals surface area contributed by atoms with Crippen molar-refractivity contribution in [3.05, 3.63) is 23.9 Å². The first kappa shape index (κ1) is 12.5. The minimum absolute atomic E-state index is 0.0691. The van der Waals surface area contributed by atoms with E-state index in [2.05, 4.69) is 4.98 Å². The zero-order valence-electron chi connectivity index (χ0n) is 8.33. The first-order valence-electron chi connectivity index (χ1n) is 4.62. The maximum atomic E-state index is 11.8. The molecule has 1 heterocycles. The molecule has 1 aromatic heterocycles. The molecule has 0 N–H and O–H groups in total. The summed E-state index contributed by atoms with van der Waals surface area (Å²) in [4.78, 5) is 14.3. The van der Waals surface area contributed by atoms with E-state index in [0.717, 1.165) is 0 Å². The molecule has 0 saturated carbocycles. The molecule has 0 amide bonds. The number of pyridine rings is 1. The summed E-state index contributed by atoms with van der Waals surface area (Å²) in [6, 6.07) is 3.03. The highest BCUT2D eigenvalue weighted by Crippen LogP contribution is 2.21. The van der Waals surface area contributed by atoms with Crippen molar-refractivity contribution in [1.82, 2.24) is 4.98 Å². The van der Waals surface area contributed by atoms with Gasteiger partial charge in [0.15, 0.2) is 6.29 Å². The summed E-state index contributed by atoms with van der Waals surface area (Å²) in [5.41, 5.74) is 0.231. The van der Waals surface area contributed by atoms with Gasteiger partial charge in [-0.1, -0.05) is 0 Å². The Morgan fingerprint density at radius 1 is 1.44 bits per heavy atom. The van der Waals surface area contributed by atoms with Crippen molar-refractivity contribution in [2.45, 2.75) is 19.0 Å². The lowest BCUT2D eigenvalue weighted by atomic mass is 10.3. The Morgan fingerprint density at radius 3 is 2.81 bits per heavy atom. The Kier molecular flexibility index (Phi) is 4.28. The summed E-state index contributed by atoms with van der Waals surface area (Å²) in [5, 5.41) is 0. The minimum atomic E-state index is -4.18. The molecule has 0 radical (unpaired) electrons. The molecule has 0 unspecified atom stereocenters. The first-order chi connectivity index (χ1) is 7.53. The van der Waals surface area contributed by atoms with Crippen LogP contribution in [0.1, 0.15) is 23.2 Å². The summed E-state index contributed by atoms with van der Waals surface area (Å²) in [7, 11) is 0. The van der Waals surface area contributed by atoms with Gasteiger partial charge in [0.25, 0.3) is 0 Å². The van der Waals surface area contributed by atoms with Crippen molar-refractivity contribution >= 4 is 6.29 Å². The van der Waals surface area contributed by atoms with E-state index in [9.17, 15) is 18.0 Å². The van der Waals surface area contributed by atoms with Crippen LogP contribution >= 0.6 is 0 Å². The van der Waals surface area contributed by atoms with Crippen LogP contribution in [0.3, 0.4) is 0 Å². The predicted octanol–water partition coefficient (Wildman–Crippen LogP) is 2.62. The van der Waals surface area contributed by atoms with Gasteiger partial charge < -0.3 is 4.74 Å². The van der Waals surface area contributed by atoms with Gasteiger partial charge in [0.05, 0.1) is 12.2 Å². The van der Waals surface area contributed by atoms with Crippen molar-refractivity contribution in [1.29, 1.82) is 0 Å². The highest BCUT2D eigenvalue weighted by atomic mass is 19.4. The molecule has 0 aliphatic carbocycles. The fourth-order valence-corrected chi connectivity index (χ4v) is 1.06. The van der Waals surface area contributed by atoms with Crippen LogP contribution in [0.25, 0.3) is 0 Å². The van der Waals surface area contributed by atoms with Crippen molar-refractivity contribution in [3.63, 3.8) is 0 Å². The molecule has 0 aliphatic heterocycles. The van der Waals surface area contributed by atoms with E-state index in [1.165, 1.54) is 12.3 Å². The second-order valence-corrected chi connectivity index (χ2v) is 3.08. The number of aromatic nitrogens is 1. The molecular formula is C10H10F3NO2. The summed E-state index contributed by atoms with van der Waals surface area (Å²) < 4.78 is 40.4. The van der Waals surface area contributed by atoms with Crippen LogP contribution in [-0.2, 0) is 0 Å². The van der Waals surface area contributed by atoms with Crippen molar-refractivity contribution in [2.24, 2.45) is 0 Å². The van der Waals surface area contributed by atoms with E-state index < -0.39 is 12.6 Å². The molecule has 16 heavy (non-hydrogen) atoms. The van der Waals surface area contributed by atoms with Gasteiger partial charge in [-0.2, -0.15) is 13.2 Å². The largest absolute Gasteiger partial charge is 0.477 e. The molecule has 6 heteroatoms. The SMILES string of the molecule is O=Cc1cccnc1OCCCC(F)(F)F. The lowest BCUT2D eigenvalue weighted by Gasteiger charge is -2.08. The van der Waals surface area contributed by atoms with Crippen LogP contribution in [0.5, 0.6) is 5.88 Å². The Morgan fingerprint density at radius 2 is 2.19 bits per heavy atom. The first-order valence-corrected chi connectivity index (χ1v) is 4.62. The Labute approximate surface area is 90.2 Å². The number of hydrogen-bond donors (Lipinski definition) is 0. The van der Waals surface area contributed by atoms with Crippen molar-refractivity contribution in [2.75, 3.05) is 6.61 Å². The molecule has 88 valence electrons. The second kappa shape index (κ2) is 5.48. The number of ether oxygens (including phenoxy) is 1. The average molecular weight is 233 g/mol. The third-order valence-electron chi connectivity index (χ3n) is 1.77. The summed E-state index contributed by atoms with van der Waals surface area (Å²) in [6.45, 7) is -0.114. The fraction of sp³-hybridized carbons (Fsp3) is 0.400. The Balaban J connectivity index is 2.40. The van der Waals surface area contributed by atoms with Crippen LogP contribution in [0.2, 0.25) is 0 Å². The Hall–Kier alpha value is -1.59. The third-order valence-corrected chi connectivity index (χ3v) is 1.77. The summed E-state index contributed by atoms with van der Waals surface area (Å²) in [5.74, 6) is 0.0691. The number of rotatable bonds is 5. The van der Waals surface area contributed by atoms with E-state index in [-0.39, 0.29) is 24.5 Å². The molecule has 0 aromatic carbocycles. The van der Waals surface area contributed by atoms with Crippen LogP contribution in [0, 0.1) is 0 Å². The minimum Gasteiger partial charge on any atom is -0.477 e. The van der Waals surface area contributed by atoms with E-state index in [1.807, 2.05) is 0 Å². The molecule has 3 nitrogen and oxygen atoms in total. The zero-order valence-corrected chi connectivity index (χ0v) is 8.33. The number of hydrogen-bond acceptors (Lipinski definition) is 3. The van der Waals surface area contributed by atoms with Gasteiger partial charge in [-0.3, -0.25) is 4.79 Å². The number of alkyl halides is 3. The predicted molar refractivity (Wildman–Crippen MR) is 50.4 cm³/mol. The van der Waals surface area contributed by atoms with Crippen LogP contribution in [0.15, 0.2) is 18.3 Å². The summed E-state index contributed by atoms with van der Waals surface area (Å²) >= 11 is 0. The van der Waals surface area contributed by atoms with Crippen LogP contribution in [-0.4, -0.2) is 24.1 Å². The van der Waals surface area contributed by atoms with Gasteiger partial charge >= 0.3 is 6.18 Å². The maximum absolute atomic E-state index is 11.8. The average Bonchev–Trinajstić information content (AvgIpc) is 2.23. The fourth-order valence-electron chi connectivity index (χ4n) is 1.06. The number of carbonyl (C=O) groups is 1. The molecule has 0 bridgehead atoms. The molecule has 0 spiro atoms. The molecule has 0 atom stereocenters. The zero-order chi connectivity index (χ0) is 12.0. The normalized spacial score (nSPS) is 11.2. The van der Waals surface area contributed by atoms with Gasteiger partial charge in [0.1, 0.15) is 0 Å². The smallest absolute Gasteiger partial charge is 0.389 e. The third kappa shape index (κ3) is 4.29. The molecular weight excluding hydrogens is 223 g/mol. The molecule has 1 aromatic rings. The maximum Gasteiger partial charge on any atom is 0.389 e. The molecule has 0 aliphatic rings. The van der Waals surface area contributed by atoms with Crippen molar-refractivity contribution in [3.8, 4) is 5.88 Å². The van der Waals surface area contributed by atoms with E-state index in [0.29, 0.717) is 6.29 Å². The second-order valence-electron chi connectivity index (χ2n) is 3.08. The van der Waals surface area contributed by atoms with Gasteiger partial charge in [-0.05, 0) is 18.6 Å². The number of halogens is 3.